The monoisotopic (exact) mass is 258 g/mol. The number of hydrogen-bond acceptors (Lipinski definition) is 3. The van der Waals surface area contributed by atoms with Crippen LogP contribution in [0.5, 0.6) is 0 Å². The van der Waals surface area contributed by atoms with Gasteiger partial charge in [0.05, 0.1) is 25.3 Å². The van der Waals surface area contributed by atoms with E-state index in [2.05, 4.69) is 10.6 Å². The minimum atomic E-state index is -0.249. The molecule has 0 spiro atoms. The van der Waals surface area contributed by atoms with Crippen molar-refractivity contribution in [3.8, 4) is 0 Å². The lowest BCUT2D eigenvalue weighted by Crippen LogP contribution is -2.48. The Kier molecular flexibility index (Phi) is 4.34. The SMILES string of the molecule is CNC(c1cc(Cl)ccc1F)C1COCCN1. The minimum absolute atomic E-state index is 0.0571. The van der Waals surface area contributed by atoms with Gasteiger partial charge in [0.25, 0.3) is 0 Å². The third kappa shape index (κ3) is 2.96. The second-order valence-corrected chi connectivity index (χ2v) is 4.50. The van der Waals surface area contributed by atoms with Crippen molar-refractivity contribution < 1.29 is 9.13 Å². The summed E-state index contributed by atoms with van der Waals surface area (Å²) in [6.45, 7) is 2.05. The average Bonchev–Trinajstić information content (AvgIpc) is 2.36. The maximum Gasteiger partial charge on any atom is 0.128 e. The number of likely N-dealkylation sites (N-methyl/N-ethyl adjacent to an activating group) is 1. The van der Waals surface area contributed by atoms with E-state index in [1.807, 2.05) is 0 Å². The lowest BCUT2D eigenvalue weighted by Gasteiger charge is -2.31. The molecular weight excluding hydrogens is 243 g/mol. The van der Waals surface area contributed by atoms with E-state index < -0.39 is 0 Å². The van der Waals surface area contributed by atoms with E-state index in [0.29, 0.717) is 23.8 Å². The van der Waals surface area contributed by atoms with Gasteiger partial charge in [-0.1, -0.05) is 11.6 Å². The van der Waals surface area contributed by atoms with Crippen molar-refractivity contribution in [1.29, 1.82) is 0 Å². The topological polar surface area (TPSA) is 33.3 Å². The van der Waals surface area contributed by atoms with Crippen molar-refractivity contribution in [3.63, 3.8) is 0 Å². The van der Waals surface area contributed by atoms with Gasteiger partial charge in [0.15, 0.2) is 0 Å². The van der Waals surface area contributed by atoms with Crippen molar-refractivity contribution >= 4 is 11.6 Å². The first-order valence-corrected chi connectivity index (χ1v) is 6.03. The first-order chi connectivity index (χ1) is 8.22. The zero-order chi connectivity index (χ0) is 12.3. The molecule has 2 rings (SSSR count). The zero-order valence-corrected chi connectivity index (χ0v) is 10.4. The van der Waals surface area contributed by atoms with Crippen LogP contribution in [-0.4, -0.2) is 32.8 Å². The normalized spacial score (nSPS) is 22.4. The van der Waals surface area contributed by atoms with E-state index in [-0.39, 0.29) is 17.9 Å². The number of morpholine rings is 1. The molecule has 1 saturated heterocycles. The number of nitrogens with one attached hydrogen (secondary N) is 2. The Hall–Kier alpha value is -0.680. The van der Waals surface area contributed by atoms with E-state index in [0.717, 1.165) is 6.54 Å². The number of hydrogen-bond donors (Lipinski definition) is 2. The Labute approximate surface area is 105 Å². The largest absolute Gasteiger partial charge is 0.378 e. The summed E-state index contributed by atoms with van der Waals surface area (Å²) in [6.07, 6.45) is 0. The quantitative estimate of drug-likeness (QED) is 0.866. The summed E-state index contributed by atoms with van der Waals surface area (Å²) in [6, 6.07) is 4.52. The highest BCUT2D eigenvalue weighted by Gasteiger charge is 2.26. The lowest BCUT2D eigenvalue weighted by molar-refractivity contribution is 0.0641. The number of halogens is 2. The van der Waals surface area contributed by atoms with E-state index in [1.165, 1.54) is 6.07 Å². The molecule has 1 aliphatic rings. The van der Waals surface area contributed by atoms with Gasteiger partial charge in [0, 0.05) is 17.1 Å². The molecule has 0 amide bonds. The molecule has 3 nitrogen and oxygen atoms in total. The Balaban J connectivity index is 2.24. The van der Waals surface area contributed by atoms with Gasteiger partial charge in [-0.05, 0) is 25.2 Å². The van der Waals surface area contributed by atoms with Gasteiger partial charge in [-0.25, -0.2) is 4.39 Å². The van der Waals surface area contributed by atoms with Crippen LogP contribution in [0.25, 0.3) is 0 Å². The molecular formula is C12H16ClFN2O. The molecule has 2 atom stereocenters. The molecule has 0 bridgehead atoms. The van der Waals surface area contributed by atoms with Crippen LogP contribution < -0.4 is 10.6 Å². The fraction of sp³-hybridized carbons (Fsp3) is 0.500. The highest BCUT2D eigenvalue weighted by atomic mass is 35.5. The summed E-state index contributed by atoms with van der Waals surface area (Å²) in [7, 11) is 1.81. The van der Waals surface area contributed by atoms with Crippen LogP contribution in [0.3, 0.4) is 0 Å². The van der Waals surface area contributed by atoms with Crippen LogP contribution in [0.1, 0.15) is 11.6 Å². The molecule has 1 fully saturated rings. The van der Waals surface area contributed by atoms with Crippen molar-refractivity contribution in [1.82, 2.24) is 10.6 Å². The standard InChI is InChI=1S/C12H16ClFN2O/c1-15-12(11-7-17-5-4-16-11)9-6-8(13)2-3-10(9)14/h2-3,6,11-12,15-16H,4-5,7H2,1H3. The van der Waals surface area contributed by atoms with Gasteiger partial charge in [-0.15, -0.1) is 0 Å². The second-order valence-electron chi connectivity index (χ2n) is 4.07. The fourth-order valence-corrected chi connectivity index (χ4v) is 2.31. The Morgan fingerprint density at radius 3 is 3.06 bits per heavy atom. The average molecular weight is 259 g/mol. The number of ether oxygens (including phenoxy) is 1. The van der Waals surface area contributed by atoms with Crippen molar-refractivity contribution in [3.05, 3.63) is 34.6 Å². The number of rotatable bonds is 3. The molecule has 1 aliphatic heterocycles. The highest BCUT2D eigenvalue weighted by Crippen LogP contribution is 2.24. The van der Waals surface area contributed by atoms with Crippen molar-refractivity contribution in [2.75, 3.05) is 26.8 Å². The lowest BCUT2D eigenvalue weighted by atomic mass is 9.98. The van der Waals surface area contributed by atoms with E-state index >= 15 is 0 Å². The third-order valence-electron chi connectivity index (χ3n) is 2.96. The summed E-state index contributed by atoms with van der Waals surface area (Å²) < 4.78 is 19.2. The molecule has 0 saturated carbocycles. The molecule has 0 aliphatic carbocycles. The highest BCUT2D eigenvalue weighted by molar-refractivity contribution is 6.30. The van der Waals surface area contributed by atoms with Gasteiger partial charge in [0.1, 0.15) is 5.82 Å². The smallest absolute Gasteiger partial charge is 0.128 e. The Morgan fingerprint density at radius 1 is 1.59 bits per heavy atom. The maximum absolute atomic E-state index is 13.8. The fourth-order valence-electron chi connectivity index (χ4n) is 2.13. The van der Waals surface area contributed by atoms with Crippen LogP contribution in [0.2, 0.25) is 5.02 Å². The maximum atomic E-state index is 13.8. The van der Waals surface area contributed by atoms with Gasteiger partial charge in [-0.3, -0.25) is 0 Å². The molecule has 5 heteroatoms. The van der Waals surface area contributed by atoms with Crippen LogP contribution in [-0.2, 0) is 4.74 Å². The van der Waals surface area contributed by atoms with E-state index in [4.69, 9.17) is 16.3 Å². The summed E-state index contributed by atoms with van der Waals surface area (Å²) in [5.74, 6) is -0.249. The summed E-state index contributed by atoms with van der Waals surface area (Å²) in [5.41, 5.74) is 0.572. The first kappa shape index (κ1) is 12.8. The molecule has 17 heavy (non-hydrogen) atoms. The van der Waals surface area contributed by atoms with Crippen LogP contribution in [0, 0.1) is 5.82 Å². The zero-order valence-electron chi connectivity index (χ0n) is 9.67. The molecule has 2 N–H and O–H groups in total. The molecule has 1 aromatic rings. The van der Waals surface area contributed by atoms with Gasteiger partial charge in [0.2, 0.25) is 0 Å². The molecule has 94 valence electrons. The van der Waals surface area contributed by atoms with Crippen molar-refractivity contribution in [2.45, 2.75) is 12.1 Å². The minimum Gasteiger partial charge on any atom is -0.378 e. The van der Waals surface area contributed by atoms with Crippen LogP contribution in [0.4, 0.5) is 4.39 Å². The first-order valence-electron chi connectivity index (χ1n) is 5.65. The van der Waals surface area contributed by atoms with Crippen molar-refractivity contribution in [2.24, 2.45) is 0 Å². The van der Waals surface area contributed by atoms with Crippen LogP contribution >= 0.6 is 11.6 Å². The second kappa shape index (κ2) is 5.78. The van der Waals surface area contributed by atoms with E-state index in [1.54, 1.807) is 19.2 Å². The molecule has 0 aromatic heterocycles. The van der Waals surface area contributed by atoms with E-state index in [9.17, 15) is 4.39 Å². The molecule has 1 heterocycles. The third-order valence-corrected chi connectivity index (χ3v) is 3.19. The molecule has 2 unspecified atom stereocenters. The van der Waals surface area contributed by atoms with Gasteiger partial charge < -0.3 is 15.4 Å². The predicted molar refractivity (Wildman–Crippen MR) is 65.8 cm³/mol. The predicted octanol–water partition coefficient (Wildman–Crippen LogP) is 1.73. The summed E-state index contributed by atoms with van der Waals surface area (Å²) >= 11 is 5.91. The Morgan fingerprint density at radius 2 is 2.41 bits per heavy atom. The Bertz CT molecular complexity index is 383. The molecule has 1 aromatic carbocycles. The summed E-state index contributed by atoms with van der Waals surface area (Å²) in [5, 5.41) is 6.97. The van der Waals surface area contributed by atoms with Gasteiger partial charge in [-0.2, -0.15) is 0 Å². The number of benzene rings is 1. The summed E-state index contributed by atoms with van der Waals surface area (Å²) in [4.78, 5) is 0. The van der Waals surface area contributed by atoms with Crippen LogP contribution in [0.15, 0.2) is 18.2 Å². The van der Waals surface area contributed by atoms with Gasteiger partial charge >= 0.3 is 0 Å². The molecule has 0 radical (unpaired) electrons.